The second-order valence-electron chi connectivity index (χ2n) is 7.76. The van der Waals surface area contributed by atoms with E-state index in [0.717, 1.165) is 6.42 Å². The third kappa shape index (κ3) is 4.06. The van der Waals surface area contributed by atoms with Crippen LogP contribution < -0.4 is 15.5 Å². The quantitative estimate of drug-likeness (QED) is 0.795. The van der Waals surface area contributed by atoms with Gasteiger partial charge in [-0.1, -0.05) is 49.6 Å². The summed E-state index contributed by atoms with van der Waals surface area (Å²) in [6.07, 6.45) is 3.46. The van der Waals surface area contributed by atoms with Gasteiger partial charge >= 0.3 is 6.03 Å². The van der Waals surface area contributed by atoms with Gasteiger partial charge < -0.3 is 15.5 Å². The zero-order chi connectivity index (χ0) is 21.1. The number of nitrogens with one attached hydrogen (secondary N) is 2. The van der Waals surface area contributed by atoms with Crippen LogP contribution in [0, 0.1) is 11.7 Å². The summed E-state index contributed by atoms with van der Waals surface area (Å²) in [5.74, 6) is -0.147. The molecule has 0 aromatic heterocycles. The Morgan fingerprint density at radius 1 is 1.13 bits per heavy atom. The van der Waals surface area contributed by atoms with Crippen molar-refractivity contribution in [2.75, 3.05) is 18.5 Å². The standard InChI is InChI=1S/C23H25FN4O2/c1-28-19-12-5-3-10-17(19)20(16-9-2-4-11-18(16)24)26-21(22(28)29)27-23(30)25-14-13-15-7-6-8-15/h2-5,9-12,15,21H,6-8,13-14H2,1H3,(H2,25,27,30). The number of fused-ring (bicyclic) bond motifs is 1. The molecule has 2 aromatic rings. The molecule has 7 heteroatoms. The molecule has 1 heterocycles. The van der Waals surface area contributed by atoms with Crippen molar-refractivity contribution in [2.24, 2.45) is 10.9 Å². The highest BCUT2D eigenvalue weighted by molar-refractivity contribution is 6.20. The SMILES string of the molecule is CN1C(=O)C(NC(=O)NCCC2CCC2)N=C(c2ccccc2F)c2ccccc21. The number of para-hydroxylation sites is 1. The van der Waals surface area contributed by atoms with Crippen LogP contribution in [0.2, 0.25) is 0 Å². The molecule has 0 bridgehead atoms. The highest BCUT2D eigenvalue weighted by atomic mass is 19.1. The van der Waals surface area contributed by atoms with Gasteiger partial charge in [0, 0.05) is 24.7 Å². The van der Waals surface area contributed by atoms with Gasteiger partial charge in [0.2, 0.25) is 6.17 Å². The summed E-state index contributed by atoms with van der Waals surface area (Å²) in [5.41, 5.74) is 1.86. The van der Waals surface area contributed by atoms with E-state index in [2.05, 4.69) is 15.6 Å². The van der Waals surface area contributed by atoms with E-state index >= 15 is 0 Å². The van der Waals surface area contributed by atoms with Crippen molar-refractivity contribution < 1.29 is 14.0 Å². The first kappa shape index (κ1) is 20.1. The van der Waals surface area contributed by atoms with Crippen molar-refractivity contribution in [1.29, 1.82) is 0 Å². The van der Waals surface area contributed by atoms with E-state index in [1.165, 1.54) is 30.2 Å². The summed E-state index contributed by atoms with van der Waals surface area (Å²) >= 11 is 0. The molecule has 1 aliphatic heterocycles. The molecule has 1 unspecified atom stereocenters. The topological polar surface area (TPSA) is 73.8 Å². The Morgan fingerprint density at radius 2 is 1.83 bits per heavy atom. The number of hydrogen-bond donors (Lipinski definition) is 2. The number of hydrogen-bond acceptors (Lipinski definition) is 3. The molecule has 30 heavy (non-hydrogen) atoms. The lowest BCUT2D eigenvalue weighted by atomic mass is 9.83. The molecule has 6 nitrogen and oxygen atoms in total. The molecule has 4 rings (SSSR count). The first-order valence-corrected chi connectivity index (χ1v) is 10.3. The molecule has 1 fully saturated rings. The Balaban J connectivity index is 1.61. The number of amides is 3. The van der Waals surface area contributed by atoms with E-state index in [0.29, 0.717) is 29.4 Å². The van der Waals surface area contributed by atoms with E-state index < -0.39 is 18.0 Å². The van der Waals surface area contributed by atoms with Crippen molar-refractivity contribution in [3.63, 3.8) is 0 Å². The molecule has 0 saturated heterocycles. The number of urea groups is 1. The molecular formula is C23H25FN4O2. The van der Waals surface area contributed by atoms with E-state index in [1.807, 2.05) is 12.1 Å². The van der Waals surface area contributed by atoms with Gasteiger partial charge in [0.05, 0.1) is 11.4 Å². The van der Waals surface area contributed by atoms with Gasteiger partial charge in [-0.05, 0) is 30.5 Å². The first-order chi connectivity index (χ1) is 14.5. The lowest BCUT2D eigenvalue weighted by Gasteiger charge is -2.25. The fraction of sp³-hybridized carbons (Fsp3) is 0.348. The maximum absolute atomic E-state index is 14.6. The normalized spacial score (nSPS) is 18.7. The van der Waals surface area contributed by atoms with Gasteiger partial charge in [-0.3, -0.25) is 4.79 Å². The van der Waals surface area contributed by atoms with Crippen LogP contribution in [0.4, 0.5) is 14.9 Å². The van der Waals surface area contributed by atoms with Crippen LogP contribution in [-0.2, 0) is 4.79 Å². The fourth-order valence-electron chi connectivity index (χ4n) is 3.83. The van der Waals surface area contributed by atoms with Crippen LogP contribution in [0.5, 0.6) is 0 Å². The second-order valence-corrected chi connectivity index (χ2v) is 7.76. The number of benzene rings is 2. The Morgan fingerprint density at radius 3 is 2.53 bits per heavy atom. The average molecular weight is 408 g/mol. The van der Waals surface area contributed by atoms with Gasteiger partial charge in [0.1, 0.15) is 5.82 Å². The lowest BCUT2D eigenvalue weighted by molar-refractivity contribution is -0.119. The van der Waals surface area contributed by atoms with E-state index in [9.17, 15) is 14.0 Å². The highest BCUT2D eigenvalue weighted by Gasteiger charge is 2.31. The number of halogens is 1. The Kier molecular flexibility index (Phi) is 5.79. The minimum atomic E-state index is -1.15. The molecule has 0 spiro atoms. The van der Waals surface area contributed by atoms with Crippen LogP contribution in [0.15, 0.2) is 53.5 Å². The smallest absolute Gasteiger partial charge is 0.316 e. The molecule has 156 valence electrons. The molecule has 1 atom stereocenters. The highest BCUT2D eigenvalue weighted by Crippen LogP contribution is 2.29. The summed E-state index contributed by atoms with van der Waals surface area (Å²) in [5, 5.41) is 5.46. The number of nitrogens with zero attached hydrogens (tertiary/aromatic N) is 2. The number of rotatable bonds is 5. The summed E-state index contributed by atoms with van der Waals surface area (Å²) in [6.45, 7) is 0.553. The van der Waals surface area contributed by atoms with E-state index in [4.69, 9.17) is 0 Å². The van der Waals surface area contributed by atoms with E-state index in [1.54, 1.807) is 37.4 Å². The van der Waals surface area contributed by atoms with Gasteiger partial charge in [0.25, 0.3) is 5.91 Å². The predicted octanol–water partition coefficient (Wildman–Crippen LogP) is 3.46. The first-order valence-electron chi connectivity index (χ1n) is 10.3. The Hall–Kier alpha value is -3.22. The molecule has 0 radical (unpaired) electrons. The number of aliphatic imine (C=N–C) groups is 1. The van der Waals surface area contributed by atoms with Crippen LogP contribution >= 0.6 is 0 Å². The maximum atomic E-state index is 14.6. The van der Waals surface area contributed by atoms with Crippen LogP contribution in [0.1, 0.15) is 36.8 Å². The van der Waals surface area contributed by atoms with Crippen molar-refractivity contribution in [1.82, 2.24) is 10.6 Å². The van der Waals surface area contributed by atoms with Crippen LogP contribution in [-0.4, -0.2) is 37.4 Å². The maximum Gasteiger partial charge on any atom is 0.316 e. The minimum Gasteiger partial charge on any atom is -0.338 e. The van der Waals surface area contributed by atoms with Crippen LogP contribution in [0.3, 0.4) is 0 Å². The largest absolute Gasteiger partial charge is 0.338 e. The third-order valence-electron chi connectivity index (χ3n) is 5.80. The lowest BCUT2D eigenvalue weighted by Crippen LogP contribution is -2.49. The van der Waals surface area contributed by atoms with Crippen molar-refractivity contribution in [2.45, 2.75) is 31.8 Å². The summed E-state index contributed by atoms with van der Waals surface area (Å²) < 4.78 is 14.6. The molecular weight excluding hydrogens is 383 g/mol. The second kappa shape index (κ2) is 8.65. The minimum absolute atomic E-state index is 0.283. The molecule has 3 amide bonds. The average Bonchev–Trinajstić information content (AvgIpc) is 2.81. The number of benzodiazepines with no additional fused rings is 1. The van der Waals surface area contributed by atoms with E-state index in [-0.39, 0.29) is 11.5 Å². The van der Waals surface area contributed by atoms with Crippen LogP contribution in [0.25, 0.3) is 0 Å². The zero-order valence-electron chi connectivity index (χ0n) is 16.9. The van der Waals surface area contributed by atoms with Gasteiger partial charge in [-0.2, -0.15) is 0 Å². The number of carbonyl (C=O) groups is 2. The molecule has 2 N–H and O–H groups in total. The number of carbonyl (C=O) groups excluding carboxylic acids is 2. The number of likely N-dealkylation sites (N-methyl/N-ethyl adjacent to an activating group) is 1. The van der Waals surface area contributed by atoms with Gasteiger partial charge in [-0.25, -0.2) is 14.2 Å². The third-order valence-corrected chi connectivity index (χ3v) is 5.80. The summed E-state index contributed by atoms with van der Waals surface area (Å²) in [7, 11) is 1.63. The zero-order valence-corrected chi connectivity index (χ0v) is 16.9. The Bertz CT molecular complexity index is 987. The van der Waals surface area contributed by atoms with Gasteiger partial charge in [0.15, 0.2) is 0 Å². The molecule has 1 saturated carbocycles. The monoisotopic (exact) mass is 408 g/mol. The summed E-state index contributed by atoms with van der Waals surface area (Å²) in [4.78, 5) is 31.4. The molecule has 2 aliphatic rings. The van der Waals surface area contributed by atoms with Gasteiger partial charge in [-0.15, -0.1) is 0 Å². The Labute approximate surface area is 175 Å². The van der Waals surface area contributed by atoms with Crippen molar-refractivity contribution >= 4 is 23.3 Å². The van der Waals surface area contributed by atoms with Crippen molar-refractivity contribution in [3.8, 4) is 0 Å². The fourth-order valence-corrected chi connectivity index (χ4v) is 3.83. The summed E-state index contributed by atoms with van der Waals surface area (Å²) in [6, 6.07) is 13.0. The number of anilines is 1. The van der Waals surface area contributed by atoms with Crippen molar-refractivity contribution in [3.05, 3.63) is 65.5 Å². The predicted molar refractivity (Wildman–Crippen MR) is 114 cm³/mol. The molecule has 1 aliphatic carbocycles. The molecule has 2 aromatic carbocycles.